The minimum atomic E-state index is -0.325. The van der Waals surface area contributed by atoms with Gasteiger partial charge in [0.1, 0.15) is 0 Å². The molecule has 0 spiro atoms. The highest BCUT2D eigenvalue weighted by Crippen LogP contribution is 1.92. The van der Waals surface area contributed by atoms with Gasteiger partial charge in [-0.25, -0.2) is 4.79 Å². The molecule has 74 valence electrons. The van der Waals surface area contributed by atoms with Gasteiger partial charge in [0, 0.05) is 12.1 Å². The van der Waals surface area contributed by atoms with Gasteiger partial charge in [0.05, 0.1) is 6.61 Å². The zero-order chi connectivity index (χ0) is 10.1. The van der Waals surface area contributed by atoms with E-state index in [9.17, 15) is 4.79 Å². The average molecular weight is 183 g/mol. The van der Waals surface area contributed by atoms with Gasteiger partial charge in [-0.15, -0.1) is 6.58 Å². The van der Waals surface area contributed by atoms with Crippen molar-refractivity contribution in [3.63, 3.8) is 0 Å². The third-order valence-electron chi connectivity index (χ3n) is 1.43. The van der Waals surface area contributed by atoms with Gasteiger partial charge in [-0.2, -0.15) is 0 Å². The van der Waals surface area contributed by atoms with Gasteiger partial charge >= 0.3 is 5.97 Å². The minimum absolute atomic E-state index is 0.325. The van der Waals surface area contributed by atoms with Crippen LogP contribution in [-0.2, 0) is 9.53 Å². The molecule has 0 aromatic heterocycles. The Morgan fingerprint density at radius 1 is 1.62 bits per heavy atom. The summed E-state index contributed by atoms with van der Waals surface area (Å²) in [5.74, 6) is -0.325. The van der Waals surface area contributed by atoms with Gasteiger partial charge in [0.15, 0.2) is 0 Å². The van der Waals surface area contributed by atoms with E-state index in [1.54, 1.807) is 6.92 Å². The Morgan fingerprint density at radius 2 is 2.31 bits per heavy atom. The van der Waals surface area contributed by atoms with Crippen molar-refractivity contribution < 1.29 is 9.53 Å². The van der Waals surface area contributed by atoms with Crippen molar-refractivity contribution in [1.82, 2.24) is 5.32 Å². The molecule has 0 amide bonds. The summed E-state index contributed by atoms with van der Waals surface area (Å²) in [5, 5.41) is 3.05. The molecule has 1 N–H and O–H groups in total. The first-order valence-corrected chi connectivity index (χ1v) is 4.38. The number of nitrogens with one attached hydrogen (secondary N) is 1. The molecule has 0 aromatic carbocycles. The molecule has 13 heavy (non-hydrogen) atoms. The topological polar surface area (TPSA) is 38.3 Å². The van der Waals surface area contributed by atoms with Crippen LogP contribution in [0.3, 0.4) is 0 Å². The highest BCUT2D eigenvalue weighted by molar-refractivity contribution is 5.88. The predicted octanol–water partition coefficient (Wildman–Crippen LogP) is 1.27. The summed E-state index contributed by atoms with van der Waals surface area (Å²) in [6.45, 7) is 10.6. The average Bonchev–Trinajstić information content (AvgIpc) is 2.12. The predicted molar refractivity (Wildman–Crippen MR) is 53.5 cm³/mol. The molecule has 0 aromatic rings. The van der Waals surface area contributed by atoms with Gasteiger partial charge in [0.2, 0.25) is 0 Å². The number of hydrogen-bond donors (Lipinski definition) is 1. The molecule has 0 fully saturated rings. The van der Waals surface area contributed by atoms with Crippen LogP contribution in [0.25, 0.3) is 0 Å². The van der Waals surface area contributed by atoms with Gasteiger partial charge in [0.25, 0.3) is 0 Å². The Balaban J connectivity index is 3.50. The van der Waals surface area contributed by atoms with E-state index in [1.807, 2.05) is 6.08 Å². The summed E-state index contributed by atoms with van der Waals surface area (Å²) in [5.41, 5.74) is 0.464. The molecule has 3 heteroatoms. The van der Waals surface area contributed by atoms with E-state index in [4.69, 9.17) is 4.74 Å². The zero-order valence-electron chi connectivity index (χ0n) is 8.14. The number of carbonyl (C=O) groups excluding carboxylic acids is 1. The molecule has 0 bridgehead atoms. The monoisotopic (exact) mass is 183 g/mol. The Morgan fingerprint density at radius 3 is 2.85 bits per heavy atom. The van der Waals surface area contributed by atoms with Crippen LogP contribution in [0.5, 0.6) is 0 Å². The zero-order valence-corrected chi connectivity index (χ0v) is 8.14. The fraction of sp³-hybridized carbons (Fsp3) is 0.500. The molecule has 0 aliphatic heterocycles. The van der Waals surface area contributed by atoms with Crippen LogP contribution in [0, 0.1) is 0 Å². The van der Waals surface area contributed by atoms with Crippen molar-refractivity contribution in [3.8, 4) is 0 Å². The third-order valence-corrected chi connectivity index (χ3v) is 1.43. The molecule has 0 saturated heterocycles. The Hall–Kier alpha value is -1.09. The molecule has 0 rings (SSSR count). The molecule has 0 aliphatic rings. The standard InChI is InChI=1S/C10H17NO2/c1-4-6-7-11-8-9(3)10(12)13-5-2/h4,11H,1,3,5-8H2,2H3. The van der Waals surface area contributed by atoms with Gasteiger partial charge < -0.3 is 10.1 Å². The molecule has 0 aliphatic carbocycles. The fourth-order valence-corrected chi connectivity index (χ4v) is 0.749. The van der Waals surface area contributed by atoms with Crippen molar-refractivity contribution in [1.29, 1.82) is 0 Å². The fourth-order valence-electron chi connectivity index (χ4n) is 0.749. The Kier molecular flexibility index (Phi) is 6.92. The quantitative estimate of drug-likeness (QED) is 0.279. The molecular weight excluding hydrogens is 166 g/mol. The summed E-state index contributed by atoms with van der Waals surface area (Å²) in [6.07, 6.45) is 2.70. The maximum atomic E-state index is 11.0. The van der Waals surface area contributed by atoms with E-state index in [-0.39, 0.29) is 5.97 Å². The first-order valence-electron chi connectivity index (χ1n) is 4.38. The molecule has 0 radical (unpaired) electrons. The van der Waals surface area contributed by atoms with Gasteiger partial charge in [-0.05, 0) is 19.9 Å². The second kappa shape index (κ2) is 7.55. The van der Waals surface area contributed by atoms with E-state index in [2.05, 4.69) is 18.5 Å². The number of ether oxygens (including phenoxy) is 1. The van der Waals surface area contributed by atoms with Gasteiger partial charge in [-0.1, -0.05) is 12.7 Å². The lowest BCUT2D eigenvalue weighted by Crippen LogP contribution is -2.22. The third kappa shape index (κ3) is 6.11. The number of hydrogen-bond acceptors (Lipinski definition) is 3. The van der Waals surface area contributed by atoms with Crippen molar-refractivity contribution in [3.05, 3.63) is 24.8 Å². The molecule has 0 heterocycles. The SMILES string of the molecule is C=CCCNCC(=C)C(=O)OCC. The van der Waals surface area contributed by atoms with Crippen LogP contribution in [0.1, 0.15) is 13.3 Å². The maximum absolute atomic E-state index is 11.0. The van der Waals surface area contributed by atoms with Crippen LogP contribution in [0.2, 0.25) is 0 Å². The Labute approximate surface area is 79.5 Å². The van der Waals surface area contributed by atoms with E-state index in [1.165, 1.54) is 0 Å². The maximum Gasteiger partial charge on any atom is 0.334 e. The van der Waals surface area contributed by atoms with Crippen molar-refractivity contribution in [2.45, 2.75) is 13.3 Å². The number of esters is 1. The first-order chi connectivity index (χ1) is 6.22. The van der Waals surface area contributed by atoms with Crippen LogP contribution in [0.4, 0.5) is 0 Å². The summed E-state index contributed by atoms with van der Waals surface area (Å²) < 4.78 is 4.76. The molecule has 3 nitrogen and oxygen atoms in total. The number of carbonyl (C=O) groups is 1. The minimum Gasteiger partial charge on any atom is -0.463 e. The normalized spacial score (nSPS) is 9.31. The lowest BCUT2D eigenvalue weighted by Gasteiger charge is -2.05. The Bertz CT molecular complexity index is 187. The van der Waals surface area contributed by atoms with Crippen LogP contribution < -0.4 is 5.32 Å². The molecule has 0 atom stereocenters. The lowest BCUT2D eigenvalue weighted by atomic mass is 10.3. The van der Waals surface area contributed by atoms with Gasteiger partial charge in [-0.3, -0.25) is 0 Å². The smallest absolute Gasteiger partial charge is 0.334 e. The van der Waals surface area contributed by atoms with Crippen LogP contribution >= 0.6 is 0 Å². The van der Waals surface area contributed by atoms with E-state index in [0.717, 1.165) is 13.0 Å². The number of rotatable bonds is 7. The first kappa shape index (κ1) is 11.9. The molecular formula is C10H17NO2. The van der Waals surface area contributed by atoms with Crippen molar-refractivity contribution in [2.24, 2.45) is 0 Å². The lowest BCUT2D eigenvalue weighted by molar-refractivity contribution is -0.138. The largest absolute Gasteiger partial charge is 0.463 e. The molecule has 0 unspecified atom stereocenters. The molecule has 0 saturated carbocycles. The van der Waals surface area contributed by atoms with Crippen molar-refractivity contribution >= 4 is 5.97 Å². The summed E-state index contributed by atoms with van der Waals surface area (Å²) in [6, 6.07) is 0. The summed E-state index contributed by atoms with van der Waals surface area (Å²) >= 11 is 0. The van der Waals surface area contributed by atoms with Crippen LogP contribution in [0.15, 0.2) is 24.8 Å². The summed E-state index contributed by atoms with van der Waals surface area (Å²) in [7, 11) is 0. The van der Waals surface area contributed by atoms with Crippen LogP contribution in [-0.4, -0.2) is 25.7 Å². The second-order valence-electron chi connectivity index (χ2n) is 2.58. The van der Waals surface area contributed by atoms with E-state index >= 15 is 0 Å². The second-order valence-corrected chi connectivity index (χ2v) is 2.58. The van der Waals surface area contributed by atoms with E-state index < -0.39 is 0 Å². The highest BCUT2D eigenvalue weighted by Gasteiger charge is 2.05. The van der Waals surface area contributed by atoms with Crippen molar-refractivity contribution in [2.75, 3.05) is 19.7 Å². The highest BCUT2D eigenvalue weighted by atomic mass is 16.5. The van der Waals surface area contributed by atoms with E-state index in [0.29, 0.717) is 18.7 Å². The summed E-state index contributed by atoms with van der Waals surface area (Å²) in [4.78, 5) is 11.0.